The Morgan fingerprint density at radius 1 is 1.60 bits per heavy atom. The maximum absolute atomic E-state index is 5.70. The van der Waals surface area contributed by atoms with E-state index in [9.17, 15) is 0 Å². The van der Waals surface area contributed by atoms with Gasteiger partial charge in [-0.1, -0.05) is 0 Å². The van der Waals surface area contributed by atoms with Gasteiger partial charge in [0.05, 0.1) is 5.60 Å². The fourth-order valence-electron chi connectivity index (χ4n) is 1.41. The van der Waals surface area contributed by atoms with Crippen LogP contribution in [0.1, 0.15) is 26.7 Å². The van der Waals surface area contributed by atoms with Gasteiger partial charge in [-0.05, 0) is 26.7 Å². The lowest BCUT2D eigenvalue weighted by molar-refractivity contribution is -0.00839. The van der Waals surface area contributed by atoms with E-state index >= 15 is 0 Å². The van der Waals surface area contributed by atoms with E-state index in [1.54, 1.807) is 0 Å². The van der Waals surface area contributed by atoms with Crippen molar-refractivity contribution in [2.24, 2.45) is 0 Å². The fourth-order valence-corrected chi connectivity index (χ4v) is 1.41. The molecule has 2 nitrogen and oxygen atoms in total. The van der Waals surface area contributed by atoms with Crippen LogP contribution < -0.4 is 0 Å². The Labute approximate surface area is 63.0 Å². The van der Waals surface area contributed by atoms with Crippen LogP contribution in [-0.2, 0) is 4.74 Å². The molecule has 1 rings (SSSR count). The molecule has 0 saturated carbocycles. The molecule has 1 saturated heterocycles. The molecule has 1 unspecified atom stereocenters. The minimum absolute atomic E-state index is 0.107. The van der Waals surface area contributed by atoms with Gasteiger partial charge >= 0.3 is 0 Å². The molecule has 0 aromatic rings. The number of likely N-dealkylation sites (N-methyl/N-ethyl adjacent to an activating group) is 1. The molecule has 0 spiro atoms. The van der Waals surface area contributed by atoms with Gasteiger partial charge in [-0.3, -0.25) is 0 Å². The van der Waals surface area contributed by atoms with Gasteiger partial charge in [0.2, 0.25) is 0 Å². The van der Waals surface area contributed by atoms with Crippen LogP contribution in [0.4, 0.5) is 0 Å². The van der Waals surface area contributed by atoms with Crippen molar-refractivity contribution in [3.63, 3.8) is 0 Å². The summed E-state index contributed by atoms with van der Waals surface area (Å²) in [4.78, 5) is 0. The van der Waals surface area contributed by atoms with Gasteiger partial charge < -0.3 is 10.1 Å². The van der Waals surface area contributed by atoms with Gasteiger partial charge in [0.1, 0.15) is 0 Å². The number of nitrogens with zero attached hydrogens (tertiary/aromatic N) is 1. The van der Waals surface area contributed by atoms with Crippen molar-refractivity contribution in [3.05, 3.63) is 5.32 Å². The molecular weight excluding hydrogens is 126 g/mol. The van der Waals surface area contributed by atoms with Crippen LogP contribution in [-0.4, -0.2) is 25.3 Å². The number of hydrogen-bond donors (Lipinski definition) is 0. The molecule has 1 heterocycles. The summed E-state index contributed by atoms with van der Waals surface area (Å²) < 4.78 is 5.70. The summed E-state index contributed by atoms with van der Waals surface area (Å²) in [5.74, 6) is 0. The highest BCUT2D eigenvalue weighted by atomic mass is 16.5. The highest BCUT2D eigenvalue weighted by molar-refractivity contribution is 4.87. The van der Waals surface area contributed by atoms with Crippen LogP contribution >= 0.6 is 0 Å². The molecule has 1 aliphatic rings. The van der Waals surface area contributed by atoms with Crippen molar-refractivity contribution in [3.8, 4) is 0 Å². The van der Waals surface area contributed by atoms with Crippen molar-refractivity contribution in [2.75, 3.05) is 13.6 Å². The average molecular weight is 142 g/mol. The minimum Gasteiger partial charge on any atom is -0.663 e. The van der Waals surface area contributed by atoms with E-state index in [1.807, 2.05) is 7.05 Å². The summed E-state index contributed by atoms with van der Waals surface area (Å²) in [5, 5.41) is 4.06. The highest BCUT2D eigenvalue weighted by Crippen LogP contribution is 2.29. The zero-order valence-electron chi connectivity index (χ0n) is 7.05. The van der Waals surface area contributed by atoms with Crippen molar-refractivity contribution in [2.45, 2.75) is 38.4 Å². The minimum atomic E-state index is 0.107. The first-order valence-corrected chi connectivity index (χ1v) is 3.87. The van der Waals surface area contributed by atoms with E-state index in [0.717, 1.165) is 6.54 Å². The van der Waals surface area contributed by atoms with Gasteiger partial charge in [0.25, 0.3) is 0 Å². The summed E-state index contributed by atoms with van der Waals surface area (Å²) in [7, 11) is 1.84. The lowest BCUT2D eigenvalue weighted by Gasteiger charge is -2.22. The van der Waals surface area contributed by atoms with E-state index < -0.39 is 0 Å². The average Bonchev–Trinajstić information content (AvgIpc) is 2.12. The normalized spacial score (nSPS) is 30.9. The van der Waals surface area contributed by atoms with Crippen molar-refractivity contribution >= 4 is 0 Å². The molecule has 1 atom stereocenters. The second-order valence-corrected chi connectivity index (χ2v) is 3.54. The van der Waals surface area contributed by atoms with E-state index in [2.05, 4.69) is 19.2 Å². The van der Waals surface area contributed by atoms with Crippen LogP contribution in [0.3, 0.4) is 0 Å². The maximum atomic E-state index is 5.70. The van der Waals surface area contributed by atoms with Crippen LogP contribution in [0.2, 0.25) is 0 Å². The van der Waals surface area contributed by atoms with Crippen molar-refractivity contribution in [1.29, 1.82) is 0 Å². The molecule has 0 aromatic carbocycles. The highest BCUT2D eigenvalue weighted by Gasteiger charge is 2.29. The van der Waals surface area contributed by atoms with E-state index in [-0.39, 0.29) is 5.60 Å². The van der Waals surface area contributed by atoms with Crippen LogP contribution in [0.15, 0.2) is 0 Å². The Bertz CT molecular complexity index is 112. The molecule has 10 heavy (non-hydrogen) atoms. The first kappa shape index (κ1) is 8.02. The third-order valence-electron chi connectivity index (χ3n) is 1.94. The summed E-state index contributed by atoms with van der Waals surface area (Å²) in [6.07, 6.45) is 2.73. The van der Waals surface area contributed by atoms with Gasteiger partial charge in [-0.15, -0.1) is 6.54 Å². The number of hydrogen-bond acceptors (Lipinski definition) is 1. The SMILES string of the molecule is C[N-]CC1CCC(C)(C)O1. The molecule has 60 valence electrons. The quantitative estimate of drug-likeness (QED) is 0.578. The number of rotatable bonds is 2. The first-order chi connectivity index (χ1) is 4.64. The molecule has 0 amide bonds. The predicted octanol–water partition coefficient (Wildman–Crippen LogP) is 1.95. The largest absolute Gasteiger partial charge is 0.663 e. The summed E-state index contributed by atoms with van der Waals surface area (Å²) >= 11 is 0. The van der Waals surface area contributed by atoms with Crippen LogP contribution in [0.25, 0.3) is 5.32 Å². The second kappa shape index (κ2) is 2.89. The lowest BCUT2D eigenvalue weighted by atomic mass is 10.1. The van der Waals surface area contributed by atoms with Gasteiger partial charge in [0.15, 0.2) is 0 Å². The molecule has 0 aromatic heterocycles. The Morgan fingerprint density at radius 3 is 2.70 bits per heavy atom. The zero-order valence-corrected chi connectivity index (χ0v) is 7.05. The lowest BCUT2D eigenvalue weighted by Crippen LogP contribution is -2.21. The number of ether oxygens (including phenoxy) is 1. The summed E-state index contributed by atoms with van der Waals surface area (Å²) in [6.45, 7) is 5.15. The standard InChI is InChI=1S/C8H16NO/c1-8(2)5-4-7(10-8)6-9-3/h7H,4-6H2,1-3H3/q-1. The van der Waals surface area contributed by atoms with Gasteiger partial charge in [0, 0.05) is 6.10 Å². The zero-order chi connectivity index (χ0) is 7.61. The molecule has 1 aliphatic heterocycles. The molecule has 0 radical (unpaired) electrons. The van der Waals surface area contributed by atoms with E-state index in [0.29, 0.717) is 6.10 Å². The monoisotopic (exact) mass is 142 g/mol. The smallest absolute Gasteiger partial charge is 0.0630 e. The van der Waals surface area contributed by atoms with Crippen LogP contribution in [0.5, 0.6) is 0 Å². The van der Waals surface area contributed by atoms with Crippen molar-refractivity contribution < 1.29 is 4.74 Å². The van der Waals surface area contributed by atoms with E-state index in [4.69, 9.17) is 4.74 Å². The van der Waals surface area contributed by atoms with Crippen molar-refractivity contribution in [1.82, 2.24) is 0 Å². The van der Waals surface area contributed by atoms with Gasteiger partial charge in [-0.2, -0.15) is 7.05 Å². The first-order valence-electron chi connectivity index (χ1n) is 3.87. The molecule has 2 heteroatoms. The van der Waals surface area contributed by atoms with Gasteiger partial charge in [-0.25, -0.2) is 0 Å². The molecule has 0 aliphatic carbocycles. The Hall–Kier alpha value is -0.0800. The third-order valence-corrected chi connectivity index (χ3v) is 1.94. The molecule has 0 N–H and O–H groups in total. The Balaban J connectivity index is 2.29. The second-order valence-electron chi connectivity index (χ2n) is 3.54. The maximum Gasteiger partial charge on any atom is 0.0630 e. The molecular formula is C8H16NO-. The summed E-state index contributed by atoms with van der Waals surface area (Å²) in [5.41, 5.74) is 0.107. The van der Waals surface area contributed by atoms with E-state index in [1.165, 1.54) is 12.8 Å². The Morgan fingerprint density at radius 2 is 2.30 bits per heavy atom. The molecule has 1 fully saturated rings. The Kier molecular flexibility index (Phi) is 2.32. The fraction of sp³-hybridized carbons (Fsp3) is 1.00. The summed E-state index contributed by atoms with van der Waals surface area (Å²) in [6, 6.07) is 0. The van der Waals surface area contributed by atoms with Crippen LogP contribution in [0, 0.1) is 0 Å². The topological polar surface area (TPSA) is 23.3 Å². The predicted molar refractivity (Wildman–Crippen MR) is 42.3 cm³/mol. The third kappa shape index (κ3) is 1.96. The molecule has 0 bridgehead atoms.